The Bertz CT molecular complexity index is 595. The normalized spacial score (nSPS) is 16.1. The number of nitrogens with one attached hydrogen (secondary N) is 2. The zero-order chi connectivity index (χ0) is 19.5. The molecule has 0 spiro atoms. The van der Waals surface area contributed by atoms with Gasteiger partial charge in [-0.1, -0.05) is 6.92 Å². The Balaban J connectivity index is 0.00000392. The van der Waals surface area contributed by atoms with Crippen molar-refractivity contribution in [2.75, 3.05) is 65.0 Å². The van der Waals surface area contributed by atoms with Gasteiger partial charge in [0.1, 0.15) is 0 Å². The number of morpholine rings is 1. The van der Waals surface area contributed by atoms with E-state index in [4.69, 9.17) is 19.2 Å². The van der Waals surface area contributed by atoms with Crippen molar-refractivity contribution >= 4 is 35.6 Å². The first kappa shape index (κ1) is 24.8. The van der Waals surface area contributed by atoms with Crippen molar-refractivity contribution in [3.05, 3.63) is 18.2 Å². The molecule has 160 valence electrons. The van der Waals surface area contributed by atoms with Gasteiger partial charge >= 0.3 is 0 Å². The first-order chi connectivity index (χ1) is 13.2. The molecule has 1 aromatic rings. The van der Waals surface area contributed by atoms with Crippen molar-refractivity contribution in [3.63, 3.8) is 0 Å². The number of benzene rings is 1. The molecule has 0 aliphatic carbocycles. The fraction of sp³-hybridized carbons (Fsp3) is 0.650. The molecule has 1 atom stereocenters. The van der Waals surface area contributed by atoms with E-state index in [0.717, 1.165) is 69.1 Å². The lowest BCUT2D eigenvalue weighted by molar-refractivity contribution is 0.0323. The van der Waals surface area contributed by atoms with Crippen LogP contribution in [0.2, 0.25) is 0 Å². The van der Waals surface area contributed by atoms with Crippen LogP contribution in [0.25, 0.3) is 0 Å². The van der Waals surface area contributed by atoms with Crippen LogP contribution >= 0.6 is 24.0 Å². The highest BCUT2D eigenvalue weighted by molar-refractivity contribution is 14.0. The molecule has 28 heavy (non-hydrogen) atoms. The van der Waals surface area contributed by atoms with Gasteiger partial charge in [0, 0.05) is 44.5 Å². The van der Waals surface area contributed by atoms with Crippen molar-refractivity contribution in [3.8, 4) is 11.5 Å². The monoisotopic (exact) mass is 506 g/mol. The number of methoxy groups -OCH3 is 1. The molecule has 7 nitrogen and oxygen atoms in total. The van der Waals surface area contributed by atoms with Crippen molar-refractivity contribution in [2.24, 2.45) is 10.9 Å². The summed E-state index contributed by atoms with van der Waals surface area (Å²) < 4.78 is 16.4. The van der Waals surface area contributed by atoms with Crippen LogP contribution in [0.4, 0.5) is 5.69 Å². The first-order valence-electron chi connectivity index (χ1n) is 9.82. The van der Waals surface area contributed by atoms with Gasteiger partial charge in [-0.3, -0.25) is 9.89 Å². The Kier molecular flexibility index (Phi) is 12.2. The Morgan fingerprint density at radius 3 is 2.64 bits per heavy atom. The van der Waals surface area contributed by atoms with Gasteiger partial charge in [0.25, 0.3) is 0 Å². The Labute approximate surface area is 186 Å². The van der Waals surface area contributed by atoms with Gasteiger partial charge in [0.05, 0.1) is 26.9 Å². The summed E-state index contributed by atoms with van der Waals surface area (Å²) in [4.78, 5) is 7.20. The van der Waals surface area contributed by atoms with Gasteiger partial charge in [-0.15, -0.1) is 24.0 Å². The number of halogens is 1. The minimum Gasteiger partial charge on any atom is -0.493 e. The van der Waals surface area contributed by atoms with Crippen LogP contribution in [0, 0.1) is 5.92 Å². The van der Waals surface area contributed by atoms with Crippen LogP contribution in [0.5, 0.6) is 11.5 Å². The molecule has 2 rings (SSSR count). The maximum atomic E-state index is 5.65. The minimum absolute atomic E-state index is 0. The number of anilines is 1. The third-order valence-corrected chi connectivity index (χ3v) is 4.31. The topological polar surface area (TPSA) is 67.4 Å². The van der Waals surface area contributed by atoms with Gasteiger partial charge in [-0.2, -0.15) is 0 Å². The van der Waals surface area contributed by atoms with Crippen LogP contribution in [0.3, 0.4) is 0 Å². The molecule has 1 unspecified atom stereocenters. The van der Waals surface area contributed by atoms with Crippen LogP contribution in [-0.2, 0) is 4.74 Å². The quantitative estimate of drug-likeness (QED) is 0.305. The van der Waals surface area contributed by atoms with E-state index in [0.29, 0.717) is 12.5 Å². The van der Waals surface area contributed by atoms with E-state index in [1.54, 1.807) is 7.11 Å². The van der Waals surface area contributed by atoms with Gasteiger partial charge < -0.3 is 24.8 Å². The minimum atomic E-state index is 0. The number of hydrogen-bond donors (Lipinski definition) is 2. The zero-order valence-electron chi connectivity index (χ0n) is 17.5. The molecular formula is C20H35IN4O3. The third-order valence-electron chi connectivity index (χ3n) is 4.31. The largest absolute Gasteiger partial charge is 0.493 e. The summed E-state index contributed by atoms with van der Waals surface area (Å²) in [6.07, 6.45) is 0. The number of nitrogens with zero attached hydrogens (tertiary/aromatic N) is 2. The summed E-state index contributed by atoms with van der Waals surface area (Å²) in [7, 11) is 1.65. The highest BCUT2D eigenvalue weighted by atomic mass is 127. The molecule has 8 heteroatoms. The van der Waals surface area contributed by atoms with E-state index in [9.17, 15) is 0 Å². The molecular weight excluding hydrogens is 471 g/mol. The molecule has 1 heterocycles. The molecule has 0 amide bonds. The second-order valence-corrected chi connectivity index (χ2v) is 6.66. The summed E-state index contributed by atoms with van der Waals surface area (Å²) in [5.41, 5.74) is 0.916. The Morgan fingerprint density at radius 2 is 2.00 bits per heavy atom. The predicted molar refractivity (Wildman–Crippen MR) is 126 cm³/mol. The summed E-state index contributed by atoms with van der Waals surface area (Å²) >= 11 is 0. The van der Waals surface area contributed by atoms with Crippen LogP contribution in [-0.4, -0.2) is 70.5 Å². The Hall–Kier alpha value is -1.26. The van der Waals surface area contributed by atoms with Crippen LogP contribution in [0.15, 0.2) is 23.2 Å². The molecule has 1 aliphatic rings. The van der Waals surface area contributed by atoms with E-state index >= 15 is 0 Å². The molecule has 0 saturated carbocycles. The maximum Gasteiger partial charge on any atom is 0.195 e. The smallest absolute Gasteiger partial charge is 0.195 e. The third kappa shape index (κ3) is 8.40. The molecule has 1 aliphatic heterocycles. The van der Waals surface area contributed by atoms with Crippen molar-refractivity contribution in [1.29, 1.82) is 0 Å². The van der Waals surface area contributed by atoms with Gasteiger partial charge in [-0.25, -0.2) is 0 Å². The van der Waals surface area contributed by atoms with E-state index in [1.807, 2.05) is 25.1 Å². The highest BCUT2D eigenvalue weighted by Crippen LogP contribution is 2.30. The maximum absolute atomic E-state index is 5.65. The molecule has 1 fully saturated rings. The first-order valence-corrected chi connectivity index (χ1v) is 9.82. The summed E-state index contributed by atoms with van der Waals surface area (Å²) in [6.45, 7) is 13.2. The fourth-order valence-electron chi connectivity index (χ4n) is 3.00. The molecule has 1 aromatic carbocycles. The Morgan fingerprint density at radius 1 is 1.25 bits per heavy atom. The van der Waals surface area contributed by atoms with Crippen molar-refractivity contribution < 1.29 is 14.2 Å². The lowest BCUT2D eigenvalue weighted by Crippen LogP contribution is -2.39. The number of hydrogen-bond acceptors (Lipinski definition) is 5. The molecule has 0 bridgehead atoms. The van der Waals surface area contributed by atoms with Gasteiger partial charge in [0.15, 0.2) is 17.5 Å². The summed E-state index contributed by atoms with van der Waals surface area (Å²) in [5.74, 6) is 2.71. The van der Waals surface area contributed by atoms with Crippen molar-refractivity contribution in [1.82, 2.24) is 10.2 Å². The van der Waals surface area contributed by atoms with Crippen molar-refractivity contribution in [2.45, 2.75) is 20.8 Å². The number of guanidine groups is 1. The van der Waals surface area contributed by atoms with E-state index in [1.165, 1.54) is 0 Å². The summed E-state index contributed by atoms with van der Waals surface area (Å²) in [6, 6.07) is 5.80. The lowest BCUT2D eigenvalue weighted by Gasteiger charge is -2.28. The van der Waals surface area contributed by atoms with E-state index < -0.39 is 0 Å². The van der Waals surface area contributed by atoms with Crippen LogP contribution in [0.1, 0.15) is 20.8 Å². The molecule has 0 radical (unpaired) electrons. The van der Waals surface area contributed by atoms with Gasteiger partial charge in [0.2, 0.25) is 0 Å². The van der Waals surface area contributed by atoms with Crippen LogP contribution < -0.4 is 20.1 Å². The summed E-state index contributed by atoms with van der Waals surface area (Å²) in [5, 5.41) is 6.66. The average molecular weight is 506 g/mol. The molecule has 1 saturated heterocycles. The second-order valence-electron chi connectivity index (χ2n) is 6.66. The second kappa shape index (κ2) is 13.8. The molecule has 2 N–H and O–H groups in total. The number of rotatable bonds is 9. The highest BCUT2D eigenvalue weighted by Gasteiger charge is 2.14. The average Bonchev–Trinajstić information content (AvgIpc) is 2.68. The lowest BCUT2D eigenvalue weighted by atomic mass is 10.1. The number of ether oxygens (including phenoxy) is 3. The standard InChI is InChI=1S/C20H34N4O3.HI/c1-5-21-20(22-14-16(3)15-24-9-11-26-12-10-24)23-17-7-8-18(25-4)19(13-17)27-6-2;/h7-8,13,16H,5-6,9-12,14-15H2,1-4H3,(H2,21,22,23);1H. The zero-order valence-corrected chi connectivity index (χ0v) is 19.8. The van der Waals surface area contributed by atoms with E-state index in [-0.39, 0.29) is 24.0 Å². The predicted octanol–water partition coefficient (Wildman–Crippen LogP) is 3.06. The SMILES string of the molecule is CCNC(=NCC(C)CN1CCOCC1)Nc1ccc(OC)c(OCC)c1.I. The van der Waals surface area contributed by atoms with Gasteiger partial charge in [-0.05, 0) is 31.9 Å². The van der Waals surface area contributed by atoms with E-state index in [2.05, 4.69) is 29.4 Å². The molecule has 0 aromatic heterocycles. The number of aliphatic imine (C=N–C) groups is 1. The fourth-order valence-corrected chi connectivity index (χ4v) is 3.00.